The van der Waals surface area contributed by atoms with Gasteiger partial charge in [0.2, 0.25) is 18.2 Å². The van der Waals surface area contributed by atoms with Crippen molar-refractivity contribution in [1.82, 2.24) is 39.7 Å². The Labute approximate surface area is 285 Å². The minimum Gasteiger partial charge on any atom is -0.478 e. The van der Waals surface area contributed by atoms with E-state index in [9.17, 15) is 9.59 Å². The van der Waals surface area contributed by atoms with Crippen LogP contribution in [0.15, 0.2) is 73.2 Å². The standard InChI is InChI=1S/C21H29N5O2.C15H14N4O2/c1-4-11-25(16-28-3)14-20(27)26-12-9-18(10-13-26)17-5-7-19(8-6-17)21-22-15-24(2)23-21;1-2-21-14-6-3-10(8-16-14)15-12-7-11(17-9-20)4-5-13(12)18-19-15/h5-9,15H,4,10-14,16H2,1-3H3;3-9H,2H2,1H3,(H,17,20)(H,18,19). The molecule has 2 aromatic carbocycles. The zero-order valence-electron chi connectivity index (χ0n) is 28.4. The topological polar surface area (TPSA) is 143 Å². The highest BCUT2D eigenvalue weighted by Gasteiger charge is 2.20. The summed E-state index contributed by atoms with van der Waals surface area (Å²) >= 11 is 0. The van der Waals surface area contributed by atoms with Crippen LogP contribution in [0.1, 0.15) is 32.3 Å². The summed E-state index contributed by atoms with van der Waals surface area (Å²) in [4.78, 5) is 35.6. The Morgan fingerprint density at radius 1 is 1.06 bits per heavy atom. The highest BCUT2D eigenvalue weighted by Crippen LogP contribution is 2.29. The smallest absolute Gasteiger partial charge is 0.237 e. The molecule has 3 aromatic heterocycles. The monoisotopic (exact) mass is 665 g/mol. The van der Waals surface area contributed by atoms with Gasteiger partial charge < -0.3 is 19.7 Å². The summed E-state index contributed by atoms with van der Waals surface area (Å²) in [5.74, 6) is 1.48. The van der Waals surface area contributed by atoms with Crippen LogP contribution in [0.3, 0.4) is 0 Å². The number of carbonyl (C=O) groups is 2. The Morgan fingerprint density at radius 3 is 2.49 bits per heavy atom. The summed E-state index contributed by atoms with van der Waals surface area (Å²) in [6.45, 7) is 7.79. The van der Waals surface area contributed by atoms with Crippen molar-refractivity contribution in [1.29, 1.82) is 0 Å². The van der Waals surface area contributed by atoms with Crippen LogP contribution >= 0.6 is 0 Å². The summed E-state index contributed by atoms with van der Waals surface area (Å²) < 4.78 is 12.2. The van der Waals surface area contributed by atoms with E-state index in [-0.39, 0.29) is 5.91 Å². The molecule has 0 saturated heterocycles. The normalized spacial score (nSPS) is 12.8. The van der Waals surface area contributed by atoms with E-state index in [1.807, 2.05) is 54.1 Å². The first-order chi connectivity index (χ1) is 23.9. The molecule has 13 nitrogen and oxygen atoms in total. The fourth-order valence-electron chi connectivity index (χ4n) is 5.59. The first kappa shape index (κ1) is 34.9. The van der Waals surface area contributed by atoms with Crippen LogP contribution in [0.2, 0.25) is 0 Å². The second kappa shape index (κ2) is 17.1. The predicted octanol–water partition coefficient (Wildman–Crippen LogP) is 5.01. The summed E-state index contributed by atoms with van der Waals surface area (Å²) in [5.41, 5.74) is 6.77. The number of ether oxygens (including phenoxy) is 2. The Hall–Kier alpha value is -5.40. The van der Waals surface area contributed by atoms with Crippen LogP contribution in [0, 0.1) is 0 Å². The van der Waals surface area contributed by atoms with E-state index in [1.165, 1.54) is 11.1 Å². The van der Waals surface area contributed by atoms with Gasteiger partial charge in [-0.15, -0.1) is 0 Å². The fraction of sp³-hybridized carbons (Fsp3) is 0.333. The number of pyridine rings is 1. The van der Waals surface area contributed by atoms with Crippen LogP contribution < -0.4 is 10.1 Å². The number of carbonyl (C=O) groups excluding carboxylic acids is 2. The van der Waals surface area contributed by atoms with Crippen LogP contribution in [-0.2, 0) is 21.4 Å². The molecule has 0 atom stereocenters. The maximum atomic E-state index is 12.6. The molecule has 0 bridgehead atoms. The molecule has 5 aromatic rings. The highest BCUT2D eigenvalue weighted by molar-refractivity contribution is 5.95. The van der Waals surface area contributed by atoms with E-state index >= 15 is 0 Å². The molecule has 0 spiro atoms. The molecule has 0 aliphatic carbocycles. The van der Waals surface area contributed by atoms with Crippen molar-refractivity contribution >= 4 is 34.5 Å². The van der Waals surface area contributed by atoms with Crippen LogP contribution in [0.5, 0.6) is 5.88 Å². The van der Waals surface area contributed by atoms with Gasteiger partial charge in [-0.2, -0.15) is 10.2 Å². The quantitative estimate of drug-likeness (QED) is 0.131. The number of anilines is 1. The molecule has 13 heteroatoms. The number of methoxy groups -OCH3 is 1. The molecule has 1 aliphatic rings. The summed E-state index contributed by atoms with van der Waals surface area (Å²) in [7, 11) is 3.53. The Kier molecular flexibility index (Phi) is 12.2. The van der Waals surface area contributed by atoms with Gasteiger partial charge in [0.25, 0.3) is 0 Å². The zero-order valence-corrected chi connectivity index (χ0v) is 28.4. The summed E-state index contributed by atoms with van der Waals surface area (Å²) in [6.07, 6.45) is 8.11. The van der Waals surface area contributed by atoms with Gasteiger partial charge in [0.05, 0.1) is 25.4 Å². The number of rotatable bonds is 13. The fourth-order valence-corrected chi connectivity index (χ4v) is 5.59. The van der Waals surface area contributed by atoms with Crippen molar-refractivity contribution in [3.05, 3.63) is 78.8 Å². The van der Waals surface area contributed by atoms with E-state index in [1.54, 1.807) is 24.3 Å². The lowest BCUT2D eigenvalue weighted by Gasteiger charge is -2.29. The number of nitrogens with zero attached hydrogens (tertiary/aromatic N) is 7. The third-order valence-electron chi connectivity index (χ3n) is 7.98. The van der Waals surface area contributed by atoms with Crippen LogP contribution in [0.25, 0.3) is 39.1 Å². The lowest BCUT2D eigenvalue weighted by molar-refractivity contribution is -0.133. The molecule has 2 N–H and O–H groups in total. The lowest BCUT2D eigenvalue weighted by Crippen LogP contribution is -2.43. The van der Waals surface area contributed by atoms with Crippen LogP contribution in [0.4, 0.5) is 5.69 Å². The van der Waals surface area contributed by atoms with E-state index in [0.29, 0.717) is 38.7 Å². The van der Waals surface area contributed by atoms with Gasteiger partial charge >= 0.3 is 0 Å². The molecule has 49 heavy (non-hydrogen) atoms. The summed E-state index contributed by atoms with van der Waals surface area (Å²) in [5, 5.41) is 15.2. The molecule has 0 unspecified atom stereocenters. The van der Waals surface area contributed by atoms with Gasteiger partial charge in [-0.05, 0) is 55.2 Å². The number of benzene rings is 2. The van der Waals surface area contributed by atoms with Gasteiger partial charge in [-0.25, -0.2) is 9.97 Å². The van der Waals surface area contributed by atoms with Crippen molar-refractivity contribution in [3.8, 4) is 28.5 Å². The number of aromatic amines is 1. The van der Waals surface area contributed by atoms with Crippen molar-refractivity contribution in [3.63, 3.8) is 0 Å². The Bertz CT molecular complexity index is 1840. The molecule has 6 rings (SSSR count). The maximum absolute atomic E-state index is 12.6. The van der Waals surface area contributed by atoms with Crippen LogP contribution in [-0.4, -0.2) is 98.7 Å². The maximum Gasteiger partial charge on any atom is 0.237 e. The second-order valence-electron chi connectivity index (χ2n) is 11.5. The summed E-state index contributed by atoms with van der Waals surface area (Å²) in [6, 6.07) is 17.6. The van der Waals surface area contributed by atoms with Gasteiger partial charge in [0.1, 0.15) is 12.0 Å². The third kappa shape index (κ3) is 9.15. The minimum atomic E-state index is 0.164. The van der Waals surface area contributed by atoms with E-state index in [4.69, 9.17) is 9.47 Å². The number of aryl methyl sites for hydroxylation is 1. The first-order valence-corrected chi connectivity index (χ1v) is 16.3. The number of H-pyrrole nitrogens is 1. The first-order valence-electron chi connectivity index (χ1n) is 16.3. The highest BCUT2D eigenvalue weighted by atomic mass is 16.5. The van der Waals surface area contributed by atoms with Crippen molar-refractivity contribution in [2.75, 3.05) is 51.9 Å². The SMILES string of the molecule is CCCN(COC)CC(=O)N1CC=C(c2ccc(-c3ncn(C)n3)cc2)CC1.CCOc1ccc(-c2n[nH]c3ccc(NC=O)cc23)cn1. The largest absolute Gasteiger partial charge is 0.478 e. The molecule has 0 fully saturated rings. The van der Waals surface area contributed by atoms with Gasteiger partial charge in [-0.1, -0.05) is 37.3 Å². The Morgan fingerprint density at radius 2 is 1.86 bits per heavy atom. The average Bonchev–Trinajstić information content (AvgIpc) is 3.76. The lowest BCUT2D eigenvalue weighted by atomic mass is 9.98. The molecular formula is C36H43N9O4. The molecule has 0 radical (unpaired) electrons. The molecule has 256 valence electrons. The number of aromatic nitrogens is 6. The van der Waals surface area contributed by atoms with Gasteiger partial charge in [0.15, 0.2) is 5.82 Å². The molecule has 1 aliphatic heterocycles. The van der Waals surface area contributed by atoms with E-state index in [2.05, 4.69) is 67.8 Å². The van der Waals surface area contributed by atoms with E-state index < -0.39 is 0 Å². The third-order valence-corrected chi connectivity index (χ3v) is 7.98. The van der Waals surface area contributed by atoms with Crippen molar-refractivity contribution < 1.29 is 19.1 Å². The zero-order chi connectivity index (χ0) is 34.6. The molecule has 2 amide bonds. The number of amides is 2. The number of hydrogen-bond acceptors (Lipinski definition) is 9. The van der Waals surface area contributed by atoms with E-state index in [0.717, 1.165) is 65.2 Å². The van der Waals surface area contributed by atoms with Crippen molar-refractivity contribution in [2.24, 2.45) is 7.05 Å². The molecule has 0 saturated carbocycles. The number of hydrogen-bond donors (Lipinski definition) is 2. The number of fused-ring (bicyclic) bond motifs is 1. The predicted molar refractivity (Wildman–Crippen MR) is 190 cm³/mol. The van der Waals surface area contributed by atoms with Crippen molar-refractivity contribution in [2.45, 2.75) is 26.7 Å². The average molecular weight is 666 g/mol. The molecular weight excluding hydrogens is 622 g/mol. The Balaban J connectivity index is 0.000000199. The second-order valence-corrected chi connectivity index (χ2v) is 11.5. The minimum absolute atomic E-state index is 0.164. The van der Waals surface area contributed by atoms with Gasteiger partial charge in [-0.3, -0.25) is 24.3 Å². The molecule has 4 heterocycles. The van der Waals surface area contributed by atoms with Gasteiger partial charge in [0, 0.05) is 68.3 Å². The number of nitrogens with one attached hydrogen (secondary N) is 2.